The fourth-order valence-corrected chi connectivity index (χ4v) is 0.260. The van der Waals surface area contributed by atoms with Gasteiger partial charge in [0.15, 0.2) is 5.83 Å². The largest absolute Gasteiger partial charge is 0.491 e. The van der Waals surface area contributed by atoms with Gasteiger partial charge >= 0.3 is 0 Å². The monoisotopic (exact) mass is 129 g/mol. The Kier molecular flexibility index (Phi) is 2.64. The molecule has 0 aromatic rings. The van der Waals surface area contributed by atoms with Crippen molar-refractivity contribution in [2.24, 2.45) is 4.99 Å². The molecule has 0 bridgehead atoms. The zero-order valence-corrected chi connectivity index (χ0v) is 5.19. The third-order valence-electron chi connectivity index (χ3n) is 0.721. The predicted molar refractivity (Wildman–Crippen MR) is 35.1 cm³/mol. The van der Waals surface area contributed by atoms with Crippen LogP contribution in [0.15, 0.2) is 28.9 Å². The molecular weight excluding hydrogens is 121 g/mol. The van der Waals surface area contributed by atoms with Gasteiger partial charge < -0.3 is 5.11 Å². The number of aliphatic imine (C=N–C) groups is 1. The number of hydrogen-bond acceptors (Lipinski definition) is 2. The first kappa shape index (κ1) is 7.88. The first-order chi connectivity index (χ1) is 4.09. The Bertz CT molecular complexity index is 172. The fraction of sp³-hybridized carbons (Fsp3) is 0.167. The van der Waals surface area contributed by atoms with Crippen molar-refractivity contribution in [1.82, 2.24) is 0 Å². The highest BCUT2D eigenvalue weighted by atomic mass is 19.1. The molecule has 0 spiro atoms. The SMILES string of the molecule is C=N/C(O)=C(/F)C(=C)C. The molecule has 0 aromatic carbocycles. The maximum absolute atomic E-state index is 12.3. The van der Waals surface area contributed by atoms with Crippen LogP contribution >= 0.6 is 0 Å². The summed E-state index contributed by atoms with van der Waals surface area (Å²) in [5.41, 5.74) is 0.139. The van der Waals surface area contributed by atoms with Gasteiger partial charge in [-0.3, -0.25) is 0 Å². The van der Waals surface area contributed by atoms with Crippen LogP contribution in [0.25, 0.3) is 0 Å². The third-order valence-corrected chi connectivity index (χ3v) is 0.721. The van der Waals surface area contributed by atoms with Crippen LogP contribution < -0.4 is 0 Å². The summed E-state index contributed by atoms with van der Waals surface area (Å²) in [6.07, 6.45) is 0. The van der Waals surface area contributed by atoms with Crippen LogP contribution in [0.1, 0.15) is 6.92 Å². The average molecular weight is 129 g/mol. The molecule has 0 rings (SSSR count). The molecule has 0 radical (unpaired) electrons. The summed E-state index contributed by atoms with van der Waals surface area (Å²) in [6, 6.07) is 0. The van der Waals surface area contributed by atoms with Crippen LogP contribution in [0.4, 0.5) is 4.39 Å². The number of allylic oxidation sites excluding steroid dienone is 2. The lowest BCUT2D eigenvalue weighted by Gasteiger charge is -1.93. The van der Waals surface area contributed by atoms with Gasteiger partial charge in [0.1, 0.15) is 0 Å². The van der Waals surface area contributed by atoms with Crippen LogP contribution in [0, 0.1) is 0 Å². The zero-order valence-electron chi connectivity index (χ0n) is 5.19. The molecule has 50 valence electrons. The van der Waals surface area contributed by atoms with Gasteiger partial charge in [-0.05, 0) is 19.2 Å². The quantitative estimate of drug-likeness (QED) is 0.345. The lowest BCUT2D eigenvalue weighted by Crippen LogP contribution is -1.81. The molecule has 0 aliphatic carbocycles. The van der Waals surface area contributed by atoms with E-state index in [1.54, 1.807) is 0 Å². The molecule has 0 aromatic heterocycles. The van der Waals surface area contributed by atoms with Gasteiger partial charge in [0.2, 0.25) is 5.88 Å². The van der Waals surface area contributed by atoms with Gasteiger partial charge in [0.25, 0.3) is 0 Å². The summed E-state index contributed by atoms with van der Waals surface area (Å²) >= 11 is 0. The summed E-state index contributed by atoms with van der Waals surface area (Å²) in [6.45, 7) is 7.60. The van der Waals surface area contributed by atoms with Gasteiger partial charge in [-0.15, -0.1) is 0 Å². The molecule has 0 saturated heterocycles. The van der Waals surface area contributed by atoms with Gasteiger partial charge in [-0.1, -0.05) is 6.58 Å². The first-order valence-electron chi connectivity index (χ1n) is 2.31. The number of aliphatic hydroxyl groups excluding tert-OH is 1. The Labute approximate surface area is 53.0 Å². The van der Waals surface area contributed by atoms with Crippen molar-refractivity contribution in [2.45, 2.75) is 6.92 Å². The Balaban J connectivity index is 4.47. The van der Waals surface area contributed by atoms with E-state index >= 15 is 0 Å². The molecule has 0 heterocycles. The minimum Gasteiger partial charge on any atom is -0.491 e. The number of aliphatic hydroxyl groups is 1. The molecular formula is C6H8FNO. The van der Waals surface area contributed by atoms with Crippen molar-refractivity contribution in [3.63, 3.8) is 0 Å². The fourth-order valence-electron chi connectivity index (χ4n) is 0.260. The van der Waals surface area contributed by atoms with E-state index in [2.05, 4.69) is 18.3 Å². The van der Waals surface area contributed by atoms with Crippen molar-refractivity contribution < 1.29 is 9.50 Å². The molecule has 0 saturated carbocycles. The number of halogens is 1. The zero-order chi connectivity index (χ0) is 7.44. The van der Waals surface area contributed by atoms with Crippen molar-refractivity contribution in [2.75, 3.05) is 0 Å². The van der Waals surface area contributed by atoms with Crippen molar-refractivity contribution in [3.05, 3.63) is 23.9 Å². The number of nitrogens with zero attached hydrogens (tertiary/aromatic N) is 1. The molecule has 0 atom stereocenters. The maximum Gasteiger partial charge on any atom is 0.247 e. The molecule has 3 heteroatoms. The number of rotatable bonds is 2. The summed E-state index contributed by atoms with van der Waals surface area (Å²) in [7, 11) is 0. The molecule has 0 aliphatic heterocycles. The van der Waals surface area contributed by atoms with Crippen LogP contribution in [-0.2, 0) is 0 Å². The smallest absolute Gasteiger partial charge is 0.247 e. The Morgan fingerprint density at radius 2 is 2.11 bits per heavy atom. The highest BCUT2D eigenvalue weighted by Gasteiger charge is 2.01. The molecule has 9 heavy (non-hydrogen) atoms. The molecule has 0 unspecified atom stereocenters. The highest BCUT2D eigenvalue weighted by molar-refractivity contribution is 5.31. The molecule has 1 N–H and O–H groups in total. The van der Waals surface area contributed by atoms with Crippen LogP contribution in [-0.4, -0.2) is 11.8 Å². The predicted octanol–water partition coefficient (Wildman–Crippen LogP) is 1.96. The van der Waals surface area contributed by atoms with E-state index in [4.69, 9.17) is 5.11 Å². The van der Waals surface area contributed by atoms with E-state index in [1.165, 1.54) is 6.92 Å². The van der Waals surface area contributed by atoms with Crippen LogP contribution in [0.3, 0.4) is 0 Å². The van der Waals surface area contributed by atoms with E-state index in [9.17, 15) is 4.39 Å². The van der Waals surface area contributed by atoms with Gasteiger partial charge in [0, 0.05) is 0 Å². The van der Waals surface area contributed by atoms with Gasteiger partial charge in [-0.25, -0.2) is 9.38 Å². The normalized spacial score (nSPS) is 12.2. The lowest BCUT2D eigenvalue weighted by atomic mass is 10.3. The summed E-state index contributed by atoms with van der Waals surface area (Å²) in [5.74, 6) is -1.52. The number of hydrogen-bond donors (Lipinski definition) is 1. The Morgan fingerprint density at radius 3 is 2.22 bits per heavy atom. The van der Waals surface area contributed by atoms with Crippen LogP contribution in [0.2, 0.25) is 0 Å². The second kappa shape index (κ2) is 3.02. The van der Waals surface area contributed by atoms with Crippen molar-refractivity contribution in [3.8, 4) is 0 Å². The third kappa shape index (κ3) is 2.08. The summed E-state index contributed by atoms with van der Waals surface area (Å²) in [4.78, 5) is 2.96. The second-order valence-electron chi connectivity index (χ2n) is 1.58. The average Bonchev–Trinajstić information content (AvgIpc) is 1.84. The van der Waals surface area contributed by atoms with E-state index in [-0.39, 0.29) is 5.57 Å². The lowest BCUT2D eigenvalue weighted by molar-refractivity contribution is 0.380. The van der Waals surface area contributed by atoms with E-state index in [0.29, 0.717) is 0 Å². The van der Waals surface area contributed by atoms with Gasteiger partial charge in [0.05, 0.1) is 0 Å². The highest BCUT2D eigenvalue weighted by Crippen LogP contribution is 2.11. The second-order valence-corrected chi connectivity index (χ2v) is 1.58. The topological polar surface area (TPSA) is 32.6 Å². The van der Waals surface area contributed by atoms with Crippen LogP contribution in [0.5, 0.6) is 0 Å². The van der Waals surface area contributed by atoms with E-state index in [0.717, 1.165) is 0 Å². The van der Waals surface area contributed by atoms with E-state index < -0.39 is 11.7 Å². The summed E-state index contributed by atoms with van der Waals surface area (Å²) in [5, 5.41) is 8.51. The Hall–Kier alpha value is -1.12. The first-order valence-corrected chi connectivity index (χ1v) is 2.31. The Morgan fingerprint density at radius 1 is 1.67 bits per heavy atom. The van der Waals surface area contributed by atoms with Gasteiger partial charge in [-0.2, -0.15) is 0 Å². The molecule has 2 nitrogen and oxygen atoms in total. The van der Waals surface area contributed by atoms with E-state index in [1.807, 2.05) is 0 Å². The molecule has 0 amide bonds. The molecule has 0 aliphatic rings. The minimum absolute atomic E-state index is 0.139. The summed E-state index contributed by atoms with van der Waals surface area (Å²) < 4.78 is 12.3. The van der Waals surface area contributed by atoms with Crippen molar-refractivity contribution >= 4 is 6.72 Å². The minimum atomic E-state index is -0.815. The standard InChI is InChI=1S/C6H8FNO/c1-4(2)5(7)6(9)8-3/h9H,1,3H2,2H3/b6-5-. The van der Waals surface area contributed by atoms with Crippen molar-refractivity contribution in [1.29, 1.82) is 0 Å². The maximum atomic E-state index is 12.3. The molecule has 0 fully saturated rings.